The molecule has 1 heterocycles. The summed E-state index contributed by atoms with van der Waals surface area (Å²) < 4.78 is 11.8. The zero-order valence-corrected chi connectivity index (χ0v) is 17.9. The number of carbonyl (C=O) groups excluding carboxylic acids is 1. The molecule has 6 nitrogen and oxygen atoms in total. The Bertz CT molecular complexity index is 869. The number of carbonyl (C=O) groups is 1. The van der Waals surface area contributed by atoms with Gasteiger partial charge in [-0.15, -0.1) is 0 Å². The van der Waals surface area contributed by atoms with Crippen LogP contribution in [-0.4, -0.2) is 23.2 Å². The number of para-hydroxylation sites is 3. The lowest BCUT2D eigenvalue weighted by Gasteiger charge is -2.30. The third-order valence-electron chi connectivity index (χ3n) is 4.16. The molecule has 0 saturated heterocycles. The summed E-state index contributed by atoms with van der Waals surface area (Å²) in [6.07, 6.45) is 0.106. The first kappa shape index (κ1) is 21.1. The molecule has 0 aromatic heterocycles. The summed E-state index contributed by atoms with van der Waals surface area (Å²) in [5, 5.41) is 11.1. The highest BCUT2D eigenvalue weighted by molar-refractivity contribution is 8.02. The molecule has 0 spiro atoms. The van der Waals surface area contributed by atoms with E-state index in [9.17, 15) is 4.79 Å². The van der Waals surface area contributed by atoms with Crippen LogP contribution in [0.15, 0.2) is 65.7 Å². The normalized spacial score (nSPS) is 16.2. The predicted molar refractivity (Wildman–Crippen MR) is 118 cm³/mol. The van der Waals surface area contributed by atoms with E-state index in [0.717, 1.165) is 5.70 Å². The van der Waals surface area contributed by atoms with Crippen molar-refractivity contribution in [2.75, 3.05) is 5.32 Å². The third kappa shape index (κ3) is 5.92. The van der Waals surface area contributed by atoms with Crippen LogP contribution in [0.1, 0.15) is 27.7 Å². The van der Waals surface area contributed by atoms with Crippen LogP contribution in [0.5, 0.6) is 11.5 Å². The molecular formula is C22H27N3O3S. The summed E-state index contributed by atoms with van der Waals surface area (Å²) in [5.74, 6) is 1.28. The minimum absolute atomic E-state index is 0.106. The predicted octanol–water partition coefficient (Wildman–Crippen LogP) is 5.27. The van der Waals surface area contributed by atoms with Crippen molar-refractivity contribution in [1.82, 2.24) is 10.6 Å². The summed E-state index contributed by atoms with van der Waals surface area (Å²) in [7, 11) is 0. The van der Waals surface area contributed by atoms with Crippen molar-refractivity contribution in [3.63, 3.8) is 0 Å². The Morgan fingerprint density at radius 2 is 1.79 bits per heavy atom. The molecule has 1 aliphatic heterocycles. The van der Waals surface area contributed by atoms with Crippen molar-refractivity contribution in [3.05, 3.63) is 65.7 Å². The second-order valence-electron chi connectivity index (χ2n) is 7.38. The zero-order valence-electron chi connectivity index (χ0n) is 17.1. The number of nitrogens with one attached hydrogen (secondary N) is 3. The highest BCUT2D eigenvalue weighted by atomic mass is 32.2. The lowest BCUT2D eigenvalue weighted by Crippen LogP contribution is -2.46. The van der Waals surface area contributed by atoms with Gasteiger partial charge in [-0.25, -0.2) is 4.79 Å². The minimum atomic E-state index is -0.454. The molecule has 0 aliphatic carbocycles. The second kappa shape index (κ2) is 9.24. The number of rotatable bonds is 7. The van der Waals surface area contributed by atoms with Crippen molar-refractivity contribution in [3.8, 4) is 11.5 Å². The van der Waals surface area contributed by atoms with E-state index in [2.05, 4.69) is 16.0 Å². The highest BCUT2D eigenvalue weighted by Crippen LogP contribution is 2.31. The highest BCUT2D eigenvalue weighted by Gasteiger charge is 2.31. The first-order valence-corrected chi connectivity index (χ1v) is 10.5. The Hall–Kier alpha value is -2.64. The number of urea groups is 1. The molecule has 0 radical (unpaired) electrons. The molecule has 7 heteroatoms. The number of benzene rings is 2. The molecule has 3 rings (SSSR count). The molecule has 1 aliphatic rings. The van der Waals surface area contributed by atoms with Crippen molar-refractivity contribution in [2.24, 2.45) is 0 Å². The van der Waals surface area contributed by atoms with Gasteiger partial charge in [-0.05, 0) is 57.4 Å². The summed E-state index contributed by atoms with van der Waals surface area (Å²) in [4.78, 5) is 12.5. The Labute approximate surface area is 176 Å². The average molecular weight is 414 g/mol. The fourth-order valence-electron chi connectivity index (χ4n) is 2.94. The maximum absolute atomic E-state index is 12.5. The lowest BCUT2D eigenvalue weighted by molar-refractivity contribution is -0.0341. The molecular weight excluding hydrogens is 386 g/mol. The summed E-state index contributed by atoms with van der Waals surface area (Å²) >= 11 is 1.49. The number of hydrogen-bond acceptors (Lipinski definition) is 5. The Morgan fingerprint density at radius 3 is 2.52 bits per heavy atom. The van der Waals surface area contributed by atoms with Crippen LogP contribution in [0.25, 0.3) is 0 Å². The van der Waals surface area contributed by atoms with E-state index in [0.29, 0.717) is 17.2 Å². The molecule has 1 unspecified atom stereocenters. The Balaban J connectivity index is 1.57. The van der Waals surface area contributed by atoms with Gasteiger partial charge in [0, 0.05) is 0 Å². The molecule has 154 valence electrons. The quantitative estimate of drug-likeness (QED) is 0.577. The maximum Gasteiger partial charge on any atom is 0.321 e. The molecule has 1 atom stereocenters. The smallest absolute Gasteiger partial charge is 0.321 e. The van der Waals surface area contributed by atoms with Gasteiger partial charge >= 0.3 is 6.03 Å². The van der Waals surface area contributed by atoms with Crippen molar-refractivity contribution in [1.29, 1.82) is 0 Å². The molecule has 0 fully saturated rings. The molecule has 2 amide bonds. The number of anilines is 1. The van der Waals surface area contributed by atoms with Crippen molar-refractivity contribution >= 4 is 23.5 Å². The molecule has 3 N–H and O–H groups in total. The lowest BCUT2D eigenvalue weighted by atomic mass is 10.1. The van der Waals surface area contributed by atoms with Crippen LogP contribution >= 0.6 is 11.8 Å². The van der Waals surface area contributed by atoms with E-state index in [1.807, 2.05) is 81.6 Å². The third-order valence-corrected chi connectivity index (χ3v) is 5.04. The molecule has 2 aromatic carbocycles. The van der Waals surface area contributed by atoms with Gasteiger partial charge in [0.15, 0.2) is 11.2 Å². The number of ether oxygens (including phenoxy) is 2. The average Bonchev–Trinajstić information content (AvgIpc) is 3.12. The van der Waals surface area contributed by atoms with Gasteiger partial charge in [0.1, 0.15) is 11.4 Å². The van der Waals surface area contributed by atoms with Gasteiger partial charge in [-0.1, -0.05) is 42.1 Å². The van der Waals surface area contributed by atoms with Crippen LogP contribution in [0.3, 0.4) is 0 Å². The fourth-order valence-corrected chi connectivity index (χ4v) is 3.93. The first-order valence-electron chi connectivity index (χ1n) is 9.53. The van der Waals surface area contributed by atoms with Gasteiger partial charge in [0.05, 0.1) is 17.5 Å². The van der Waals surface area contributed by atoms with E-state index in [1.54, 1.807) is 6.07 Å². The minimum Gasteiger partial charge on any atom is -0.455 e. The van der Waals surface area contributed by atoms with Gasteiger partial charge in [-0.2, -0.15) is 0 Å². The maximum atomic E-state index is 12.5. The van der Waals surface area contributed by atoms with Crippen LogP contribution in [0.4, 0.5) is 10.5 Å². The van der Waals surface area contributed by atoms with E-state index in [-0.39, 0.29) is 17.6 Å². The molecule has 29 heavy (non-hydrogen) atoms. The summed E-state index contributed by atoms with van der Waals surface area (Å²) in [6, 6.07) is 16.5. The fraction of sp³-hybridized carbons (Fsp3) is 0.318. The topological polar surface area (TPSA) is 71.6 Å². The number of thioether (sulfide) groups is 1. The first-order chi connectivity index (χ1) is 13.8. The van der Waals surface area contributed by atoms with E-state index < -0.39 is 5.60 Å². The van der Waals surface area contributed by atoms with E-state index in [4.69, 9.17) is 9.47 Å². The van der Waals surface area contributed by atoms with Crippen LogP contribution in [0.2, 0.25) is 0 Å². The molecule has 2 aromatic rings. The van der Waals surface area contributed by atoms with Crippen molar-refractivity contribution < 1.29 is 14.3 Å². The van der Waals surface area contributed by atoms with Gasteiger partial charge < -0.3 is 25.4 Å². The number of hydrogen-bond donors (Lipinski definition) is 3. The van der Waals surface area contributed by atoms with Gasteiger partial charge in [0.2, 0.25) is 0 Å². The van der Waals surface area contributed by atoms with E-state index >= 15 is 0 Å². The standard InChI is InChI=1S/C22H27N3O3S/c1-15(2)28-22(3,4)19-14-29-21(24-19)25-20(26)23-17-12-8-9-13-18(17)27-16-10-6-5-7-11-16/h5-15,21,24H,1-4H3,(H2,23,25,26). The second-order valence-corrected chi connectivity index (χ2v) is 8.36. The summed E-state index contributed by atoms with van der Waals surface area (Å²) in [5.41, 5.74) is 0.801. The largest absolute Gasteiger partial charge is 0.455 e. The van der Waals surface area contributed by atoms with Crippen LogP contribution in [0, 0.1) is 0 Å². The van der Waals surface area contributed by atoms with Gasteiger partial charge in [0.25, 0.3) is 0 Å². The van der Waals surface area contributed by atoms with Crippen LogP contribution in [-0.2, 0) is 4.74 Å². The summed E-state index contributed by atoms with van der Waals surface area (Å²) in [6.45, 7) is 8.02. The monoisotopic (exact) mass is 413 g/mol. The van der Waals surface area contributed by atoms with Crippen LogP contribution < -0.4 is 20.7 Å². The van der Waals surface area contributed by atoms with Crippen molar-refractivity contribution in [2.45, 2.75) is 44.9 Å². The Morgan fingerprint density at radius 1 is 1.10 bits per heavy atom. The zero-order chi connectivity index (χ0) is 20.9. The van der Waals surface area contributed by atoms with Gasteiger partial charge in [-0.3, -0.25) is 0 Å². The van der Waals surface area contributed by atoms with E-state index in [1.165, 1.54) is 11.8 Å². The molecule has 0 bridgehead atoms. The SMILES string of the molecule is CC(C)OC(C)(C)C1=CSC(NC(=O)Nc2ccccc2Oc2ccccc2)N1. The molecule has 0 saturated carbocycles. The number of amides is 2. The Kier molecular flexibility index (Phi) is 6.71.